The van der Waals surface area contributed by atoms with Gasteiger partial charge in [0.1, 0.15) is 0 Å². The molecular weight excluding hydrogens is 402 g/mol. The SMILES string of the molecule is CCNC(=NCc1ccc2c(c1)OCCCO2)NCc1ccccc1-n1nc(C)cc1C. The van der Waals surface area contributed by atoms with Crippen LogP contribution in [0.2, 0.25) is 0 Å². The fourth-order valence-corrected chi connectivity index (χ4v) is 3.74. The number of nitrogens with one attached hydrogen (secondary N) is 2. The van der Waals surface area contributed by atoms with Crippen molar-refractivity contribution in [3.8, 4) is 17.2 Å². The number of benzene rings is 2. The minimum atomic E-state index is 0.547. The molecule has 0 radical (unpaired) electrons. The third-order valence-corrected chi connectivity index (χ3v) is 5.25. The van der Waals surface area contributed by atoms with Crippen molar-refractivity contribution in [2.45, 2.75) is 40.3 Å². The van der Waals surface area contributed by atoms with Gasteiger partial charge < -0.3 is 20.1 Å². The van der Waals surface area contributed by atoms with Gasteiger partial charge in [0.2, 0.25) is 0 Å². The first-order chi connectivity index (χ1) is 15.6. The number of aliphatic imine (C=N–C) groups is 1. The van der Waals surface area contributed by atoms with Crippen molar-refractivity contribution >= 4 is 5.96 Å². The van der Waals surface area contributed by atoms with Crippen LogP contribution in [0.5, 0.6) is 11.5 Å². The van der Waals surface area contributed by atoms with Crippen LogP contribution in [0, 0.1) is 13.8 Å². The van der Waals surface area contributed by atoms with Gasteiger partial charge in [-0.1, -0.05) is 24.3 Å². The number of hydrogen-bond donors (Lipinski definition) is 2. The average Bonchev–Trinajstić information content (AvgIpc) is 2.98. The van der Waals surface area contributed by atoms with Crippen molar-refractivity contribution in [2.24, 2.45) is 4.99 Å². The van der Waals surface area contributed by atoms with E-state index in [1.54, 1.807) is 0 Å². The van der Waals surface area contributed by atoms with E-state index in [0.29, 0.717) is 26.3 Å². The Balaban J connectivity index is 1.47. The summed E-state index contributed by atoms with van der Waals surface area (Å²) in [5.74, 6) is 2.37. The van der Waals surface area contributed by atoms with E-state index >= 15 is 0 Å². The Labute approximate surface area is 189 Å². The zero-order chi connectivity index (χ0) is 22.3. The molecule has 4 rings (SSSR count). The fourth-order valence-electron chi connectivity index (χ4n) is 3.74. The molecule has 0 amide bonds. The molecule has 0 aliphatic carbocycles. The number of nitrogens with zero attached hydrogens (tertiary/aromatic N) is 3. The van der Waals surface area contributed by atoms with Crippen LogP contribution >= 0.6 is 0 Å². The van der Waals surface area contributed by atoms with Gasteiger partial charge in [0.25, 0.3) is 0 Å². The zero-order valence-electron chi connectivity index (χ0n) is 19.0. The van der Waals surface area contributed by atoms with Gasteiger partial charge in [-0.2, -0.15) is 5.10 Å². The van der Waals surface area contributed by atoms with Gasteiger partial charge in [-0.3, -0.25) is 0 Å². The number of guanidine groups is 1. The third kappa shape index (κ3) is 5.22. The third-order valence-electron chi connectivity index (χ3n) is 5.25. The lowest BCUT2D eigenvalue weighted by atomic mass is 10.1. The Morgan fingerprint density at radius 2 is 1.84 bits per heavy atom. The van der Waals surface area contributed by atoms with Crippen LogP contribution in [0.25, 0.3) is 5.69 Å². The maximum absolute atomic E-state index is 5.80. The summed E-state index contributed by atoms with van der Waals surface area (Å²) in [6.45, 7) is 9.49. The van der Waals surface area contributed by atoms with Gasteiger partial charge in [-0.05, 0) is 56.2 Å². The summed E-state index contributed by atoms with van der Waals surface area (Å²) in [6, 6.07) is 16.4. The van der Waals surface area contributed by atoms with E-state index in [9.17, 15) is 0 Å². The maximum atomic E-state index is 5.80. The first-order valence-corrected chi connectivity index (χ1v) is 11.2. The maximum Gasteiger partial charge on any atom is 0.191 e. The van der Waals surface area contributed by atoms with Crippen molar-refractivity contribution in [3.05, 3.63) is 71.0 Å². The van der Waals surface area contributed by atoms with E-state index in [1.165, 1.54) is 0 Å². The number of rotatable bonds is 6. The highest BCUT2D eigenvalue weighted by Crippen LogP contribution is 2.30. The highest BCUT2D eigenvalue weighted by atomic mass is 16.5. The van der Waals surface area contributed by atoms with Crippen molar-refractivity contribution in [3.63, 3.8) is 0 Å². The average molecular weight is 434 g/mol. The van der Waals surface area contributed by atoms with E-state index < -0.39 is 0 Å². The Kier molecular flexibility index (Phi) is 6.94. The molecule has 32 heavy (non-hydrogen) atoms. The quantitative estimate of drug-likeness (QED) is 0.456. The molecule has 7 heteroatoms. The van der Waals surface area contributed by atoms with Crippen LogP contribution in [0.4, 0.5) is 0 Å². The predicted molar refractivity (Wildman–Crippen MR) is 127 cm³/mol. The van der Waals surface area contributed by atoms with Gasteiger partial charge >= 0.3 is 0 Å². The molecule has 1 aliphatic heterocycles. The van der Waals surface area contributed by atoms with E-state index in [-0.39, 0.29) is 0 Å². The van der Waals surface area contributed by atoms with Crippen molar-refractivity contribution in [1.82, 2.24) is 20.4 Å². The molecular formula is C25H31N5O2. The summed E-state index contributed by atoms with van der Waals surface area (Å²) in [7, 11) is 0. The fraction of sp³-hybridized carbons (Fsp3) is 0.360. The molecule has 0 saturated heterocycles. The van der Waals surface area contributed by atoms with Crippen molar-refractivity contribution in [2.75, 3.05) is 19.8 Å². The second-order valence-corrected chi connectivity index (χ2v) is 7.85. The van der Waals surface area contributed by atoms with E-state index in [2.05, 4.69) is 47.8 Å². The number of para-hydroxylation sites is 1. The van der Waals surface area contributed by atoms with Gasteiger partial charge in [0, 0.05) is 25.2 Å². The van der Waals surface area contributed by atoms with Crippen LogP contribution in [0.3, 0.4) is 0 Å². The molecule has 7 nitrogen and oxygen atoms in total. The summed E-state index contributed by atoms with van der Waals surface area (Å²) in [5, 5.41) is 11.4. The van der Waals surface area contributed by atoms with Crippen LogP contribution < -0.4 is 20.1 Å². The molecule has 0 fully saturated rings. The lowest BCUT2D eigenvalue weighted by molar-refractivity contribution is 0.297. The summed E-state index contributed by atoms with van der Waals surface area (Å²) in [4.78, 5) is 4.77. The summed E-state index contributed by atoms with van der Waals surface area (Å²) < 4.78 is 13.5. The normalized spacial score (nSPS) is 13.5. The highest BCUT2D eigenvalue weighted by molar-refractivity contribution is 5.79. The molecule has 0 atom stereocenters. The molecule has 2 N–H and O–H groups in total. The van der Waals surface area contributed by atoms with Gasteiger partial charge in [-0.25, -0.2) is 9.67 Å². The minimum Gasteiger partial charge on any atom is -0.490 e. The van der Waals surface area contributed by atoms with Crippen LogP contribution in [0.1, 0.15) is 35.9 Å². The van der Waals surface area contributed by atoms with E-state index in [0.717, 1.165) is 58.6 Å². The molecule has 0 saturated carbocycles. The molecule has 1 aliphatic rings. The monoisotopic (exact) mass is 433 g/mol. The van der Waals surface area contributed by atoms with Crippen molar-refractivity contribution in [1.29, 1.82) is 0 Å². The van der Waals surface area contributed by atoms with Gasteiger partial charge in [0.15, 0.2) is 17.5 Å². The Morgan fingerprint density at radius 3 is 2.62 bits per heavy atom. The summed E-state index contributed by atoms with van der Waals surface area (Å²) >= 11 is 0. The summed E-state index contributed by atoms with van der Waals surface area (Å²) in [5.41, 5.74) is 5.43. The molecule has 1 aromatic heterocycles. The van der Waals surface area contributed by atoms with E-state index in [1.807, 2.05) is 41.9 Å². The second kappa shape index (κ2) is 10.2. The van der Waals surface area contributed by atoms with Gasteiger partial charge in [0.05, 0.1) is 31.1 Å². The minimum absolute atomic E-state index is 0.547. The first-order valence-electron chi connectivity index (χ1n) is 11.2. The van der Waals surface area contributed by atoms with Crippen LogP contribution in [0.15, 0.2) is 53.5 Å². The lowest BCUT2D eigenvalue weighted by Crippen LogP contribution is -2.37. The topological polar surface area (TPSA) is 72.7 Å². The van der Waals surface area contributed by atoms with Crippen LogP contribution in [-0.2, 0) is 13.1 Å². The zero-order valence-corrected chi connectivity index (χ0v) is 19.0. The second-order valence-electron chi connectivity index (χ2n) is 7.85. The number of aromatic nitrogens is 2. The number of fused-ring (bicyclic) bond motifs is 1. The molecule has 0 bridgehead atoms. The predicted octanol–water partition coefficient (Wildman–Crippen LogP) is 3.91. The molecule has 168 valence electrons. The molecule has 2 heterocycles. The number of aryl methyl sites for hydroxylation is 2. The first kappa shape index (κ1) is 21.7. The van der Waals surface area contributed by atoms with Crippen molar-refractivity contribution < 1.29 is 9.47 Å². The highest BCUT2D eigenvalue weighted by Gasteiger charge is 2.11. The van der Waals surface area contributed by atoms with E-state index in [4.69, 9.17) is 14.5 Å². The lowest BCUT2D eigenvalue weighted by Gasteiger charge is -2.15. The molecule has 3 aromatic rings. The Morgan fingerprint density at radius 1 is 1.03 bits per heavy atom. The van der Waals surface area contributed by atoms with Crippen LogP contribution in [-0.4, -0.2) is 35.5 Å². The molecule has 0 spiro atoms. The largest absolute Gasteiger partial charge is 0.490 e. The standard InChI is InChI=1S/C25H31N5O2/c1-4-26-25(27-16-20-10-11-23-24(15-20)32-13-7-12-31-23)28-17-21-8-5-6-9-22(21)30-19(3)14-18(2)29-30/h5-6,8-11,14-15H,4,7,12-13,16-17H2,1-3H3,(H2,26,27,28). The number of ether oxygens (including phenoxy) is 2. The Bertz CT molecular complexity index is 1090. The molecule has 2 aromatic carbocycles. The Hall–Kier alpha value is -3.48. The summed E-state index contributed by atoms with van der Waals surface area (Å²) in [6.07, 6.45) is 0.899. The van der Waals surface area contributed by atoms with Gasteiger partial charge in [-0.15, -0.1) is 0 Å². The number of hydrogen-bond acceptors (Lipinski definition) is 4. The molecule has 0 unspecified atom stereocenters. The smallest absolute Gasteiger partial charge is 0.191 e.